The summed E-state index contributed by atoms with van der Waals surface area (Å²) >= 11 is 5.96. The summed E-state index contributed by atoms with van der Waals surface area (Å²) < 4.78 is 24.6. The molecule has 27 heavy (non-hydrogen) atoms. The lowest BCUT2D eigenvalue weighted by molar-refractivity contribution is 0.0976. The van der Waals surface area contributed by atoms with Gasteiger partial charge in [0, 0.05) is 17.0 Å². The quantitative estimate of drug-likeness (QED) is 0.633. The van der Waals surface area contributed by atoms with Crippen LogP contribution in [0.2, 0.25) is 5.02 Å². The molecule has 140 valence electrons. The second kappa shape index (κ2) is 7.64. The smallest absolute Gasteiger partial charge is 0.238 e. The molecule has 0 amide bonds. The zero-order valence-corrected chi connectivity index (χ0v) is 16.2. The number of carbonyl (C=O) groups is 1. The van der Waals surface area contributed by atoms with Gasteiger partial charge < -0.3 is 0 Å². The number of nitrogens with two attached hydrogens (primary N) is 1. The van der Waals surface area contributed by atoms with Crippen molar-refractivity contribution in [3.63, 3.8) is 0 Å². The Balaban J connectivity index is 2.12. The van der Waals surface area contributed by atoms with Crippen LogP contribution in [0, 0.1) is 0 Å². The van der Waals surface area contributed by atoms with Gasteiger partial charge in [-0.25, -0.2) is 18.2 Å². The molecule has 1 heterocycles. The number of nitrogens with zero attached hydrogens (tertiary/aromatic N) is 2. The van der Waals surface area contributed by atoms with E-state index in [-0.39, 0.29) is 10.7 Å². The van der Waals surface area contributed by atoms with E-state index in [0.29, 0.717) is 28.4 Å². The van der Waals surface area contributed by atoms with E-state index >= 15 is 0 Å². The molecule has 6 nitrogen and oxygen atoms in total. The first kappa shape index (κ1) is 19.3. The van der Waals surface area contributed by atoms with E-state index in [2.05, 4.69) is 5.10 Å². The van der Waals surface area contributed by atoms with Gasteiger partial charge >= 0.3 is 0 Å². The molecular formula is C19H18ClN3O3S. The minimum Gasteiger partial charge on any atom is -0.292 e. The summed E-state index contributed by atoms with van der Waals surface area (Å²) in [4.78, 5) is 12.3. The minimum atomic E-state index is -3.78. The van der Waals surface area contributed by atoms with Gasteiger partial charge in [0.15, 0.2) is 5.78 Å². The van der Waals surface area contributed by atoms with E-state index in [4.69, 9.17) is 16.7 Å². The third-order valence-electron chi connectivity index (χ3n) is 4.02. The van der Waals surface area contributed by atoms with Gasteiger partial charge in [0.05, 0.1) is 16.3 Å². The Morgan fingerprint density at radius 1 is 1.11 bits per heavy atom. The zero-order valence-electron chi connectivity index (χ0n) is 14.6. The van der Waals surface area contributed by atoms with Gasteiger partial charge in [0.2, 0.25) is 10.0 Å². The molecule has 0 radical (unpaired) electrons. The van der Waals surface area contributed by atoms with Crippen molar-refractivity contribution in [1.29, 1.82) is 0 Å². The topological polar surface area (TPSA) is 95.0 Å². The average molecular weight is 404 g/mol. The lowest BCUT2D eigenvalue weighted by Crippen LogP contribution is -2.11. The Kier molecular flexibility index (Phi) is 5.46. The van der Waals surface area contributed by atoms with E-state index in [9.17, 15) is 13.2 Å². The number of benzene rings is 2. The largest absolute Gasteiger partial charge is 0.292 e. The summed E-state index contributed by atoms with van der Waals surface area (Å²) in [6.07, 6.45) is 1.13. The molecule has 0 unspecified atom stereocenters. The maximum absolute atomic E-state index is 12.3. The molecule has 0 saturated heterocycles. The Hall–Kier alpha value is -2.48. The fourth-order valence-corrected chi connectivity index (χ4v) is 3.31. The molecule has 1 aromatic heterocycles. The first-order valence-electron chi connectivity index (χ1n) is 8.32. The molecule has 0 aliphatic rings. The summed E-state index contributed by atoms with van der Waals surface area (Å²) in [6, 6.07) is 14.9. The van der Waals surface area contributed by atoms with Crippen molar-refractivity contribution in [3.05, 3.63) is 65.3 Å². The Morgan fingerprint density at radius 3 is 2.30 bits per heavy atom. The van der Waals surface area contributed by atoms with Gasteiger partial charge in [-0.05, 0) is 48.9 Å². The zero-order chi connectivity index (χ0) is 19.6. The van der Waals surface area contributed by atoms with Crippen LogP contribution in [0.5, 0.6) is 0 Å². The van der Waals surface area contributed by atoms with Gasteiger partial charge in [-0.2, -0.15) is 5.10 Å². The fourth-order valence-electron chi connectivity index (χ4n) is 2.67. The van der Waals surface area contributed by atoms with Crippen molar-refractivity contribution in [3.8, 4) is 16.9 Å². The monoisotopic (exact) mass is 403 g/mol. The van der Waals surface area contributed by atoms with Crippen molar-refractivity contribution in [2.75, 3.05) is 0 Å². The summed E-state index contributed by atoms with van der Waals surface area (Å²) in [7, 11) is -3.78. The number of hydrogen-bond donors (Lipinski definition) is 1. The molecule has 0 atom stereocenters. The molecule has 3 aromatic rings. The molecule has 0 saturated carbocycles. The van der Waals surface area contributed by atoms with E-state index in [1.165, 1.54) is 12.1 Å². The average Bonchev–Trinajstić information content (AvgIpc) is 3.07. The number of halogens is 1. The normalized spacial score (nSPS) is 11.5. The third kappa shape index (κ3) is 4.27. The maximum Gasteiger partial charge on any atom is 0.238 e. The summed E-state index contributed by atoms with van der Waals surface area (Å²) in [6.45, 7) is 1.93. The second-order valence-corrected chi connectivity index (χ2v) is 8.04. The number of primary sulfonamides is 1. The van der Waals surface area contributed by atoms with Crippen LogP contribution in [0.3, 0.4) is 0 Å². The highest BCUT2D eigenvalue weighted by Gasteiger charge is 2.17. The van der Waals surface area contributed by atoms with Crippen LogP contribution in [0.25, 0.3) is 16.9 Å². The minimum absolute atomic E-state index is 0.0195. The second-order valence-electron chi connectivity index (χ2n) is 6.05. The summed E-state index contributed by atoms with van der Waals surface area (Å²) in [5, 5.41) is 10.2. The SMILES string of the molecule is CCCC(=O)c1cc(-c2ccc(S(N)(=O)=O)cc2)n(-c2ccc(Cl)cc2)n1. The number of carbonyl (C=O) groups excluding carboxylic acids is 1. The van der Waals surface area contributed by atoms with Gasteiger partial charge in [-0.1, -0.05) is 30.7 Å². The van der Waals surface area contributed by atoms with E-state index in [0.717, 1.165) is 12.1 Å². The number of Topliss-reactive ketones (excluding diaryl/α,β-unsaturated/α-hetero) is 1. The number of hydrogen-bond acceptors (Lipinski definition) is 4. The Morgan fingerprint density at radius 2 is 1.74 bits per heavy atom. The molecule has 0 aliphatic carbocycles. The molecule has 0 aliphatic heterocycles. The van der Waals surface area contributed by atoms with Crippen LogP contribution in [0.1, 0.15) is 30.3 Å². The van der Waals surface area contributed by atoms with Crippen LogP contribution in [-0.2, 0) is 10.0 Å². The molecule has 0 fully saturated rings. The highest BCUT2D eigenvalue weighted by molar-refractivity contribution is 7.89. The van der Waals surface area contributed by atoms with E-state index in [1.807, 2.05) is 6.92 Å². The predicted octanol–water partition coefficient (Wildman–Crippen LogP) is 3.82. The van der Waals surface area contributed by atoms with E-state index < -0.39 is 10.0 Å². The van der Waals surface area contributed by atoms with Gasteiger partial charge in [-0.15, -0.1) is 0 Å². The summed E-state index contributed by atoms with van der Waals surface area (Å²) in [5.41, 5.74) is 2.47. The Labute approximate surface area is 162 Å². The fraction of sp³-hybridized carbons (Fsp3) is 0.158. The first-order chi connectivity index (χ1) is 12.8. The maximum atomic E-state index is 12.3. The molecule has 2 N–H and O–H groups in total. The first-order valence-corrected chi connectivity index (χ1v) is 10.2. The number of rotatable bonds is 6. The lowest BCUT2D eigenvalue weighted by atomic mass is 10.1. The number of aromatic nitrogens is 2. The van der Waals surface area contributed by atoms with E-state index in [1.54, 1.807) is 47.1 Å². The van der Waals surface area contributed by atoms with Crippen molar-refractivity contribution < 1.29 is 13.2 Å². The standard InChI is InChI=1S/C19H18ClN3O3S/c1-2-3-19(24)17-12-18(13-4-10-16(11-5-13)27(21,25)26)23(22-17)15-8-6-14(20)7-9-15/h4-12H,2-3H2,1H3,(H2,21,25,26). The Bertz CT molecular complexity index is 1070. The van der Waals surface area contributed by atoms with Crippen LogP contribution in [0.4, 0.5) is 0 Å². The number of ketones is 1. The molecule has 3 rings (SSSR count). The van der Waals surface area contributed by atoms with Gasteiger partial charge in [0.1, 0.15) is 5.69 Å². The van der Waals surface area contributed by atoms with Crippen LogP contribution in [0.15, 0.2) is 59.5 Å². The van der Waals surface area contributed by atoms with Crippen molar-refractivity contribution in [2.45, 2.75) is 24.7 Å². The van der Waals surface area contributed by atoms with Crippen molar-refractivity contribution in [2.24, 2.45) is 5.14 Å². The van der Waals surface area contributed by atoms with Gasteiger partial charge in [-0.3, -0.25) is 4.79 Å². The third-order valence-corrected chi connectivity index (χ3v) is 5.20. The van der Waals surface area contributed by atoms with Crippen LogP contribution < -0.4 is 5.14 Å². The lowest BCUT2D eigenvalue weighted by Gasteiger charge is -2.08. The van der Waals surface area contributed by atoms with Crippen molar-refractivity contribution >= 4 is 27.4 Å². The molecule has 8 heteroatoms. The van der Waals surface area contributed by atoms with Crippen LogP contribution >= 0.6 is 11.6 Å². The van der Waals surface area contributed by atoms with Crippen molar-refractivity contribution in [1.82, 2.24) is 9.78 Å². The molecule has 0 spiro atoms. The molecule has 0 bridgehead atoms. The molecule has 2 aromatic carbocycles. The summed E-state index contributed by atoms with van der Waals surface area (Å²) in [5.74, 6) is -0.0485. The van der Waals surface area contributed by atoms with Gasteiger partial charge in [0.25, 0.3) is 0 Å². The molecular weight excluding hydrogens is 386 g/mol. The highest BCUT2D eigenvalue weighted by atomic mass is 35.5. The number of sulfonamides is 1. The predicted molar refractivity (Wildman–Crippen MR) is 105 cm³/mol. The van der Waals surface area contributed by atoms with Crippen LogP contribution in [-0.4, -0.2) is 24.0 Å². The highest BCUT2D eigenvalue weighted by Crippen LogP contribution is 2.26.